The summed E-state index contributed by atoms with van der Waals surface area (Å²) in [7, 11) is 1.69. The van der Waals surface area contributed by atoms with Crippen molar-refractivity contribution in [2.24, 2.45) is 7.05 Å². The molecular formula is C26H21ClF3N3O3. The molecule has 1 heterocycles. The van der Waals surface area contributed by atoms with E-state index in [2.05, 4.69) is 10.6 Å². The molecule has 4 rings (SSSR count). The molecule has 36 heavy (non-hydrogen) atoms. The molecule has 6 nitrogen and oxygen atoms in total. The summed E-state index contributed by atoms with van der Waals surface area (Å²) < 4.78 is 41.8. The number of rotatable bonds is 6. The first-order valence-electron chi connectivity index (χ1n) is 10.8. The molecule has 0 spiro atoms. The number of halogens is 4. The molecule has 4 aromatic rings. The van der Waals surface area contributed by atoms with Crippen LogP contribution in [-0.2, 0) is 13.2 Å². The van der Waals surface area contributed by atoms with Gasteiger partial charge in [0.2, 0.25) is 0 Å². The van der Waals surface area contributed by atoms with Crippen molar-refractivity contribution in [2.45, 2.75) is 19.1 Å². The normalized spacial score (nSPS) is 12.4. The number of carbonyl (C=O) groups is 2. The number of para-hydroxylation sites is 1. The van der Waals surface area contributed by atoms with E-state index >= 15 is 0 Å². The Morgan fingerprint density at radius 1 is 1.03 bits per heavy atom. The summed E-state index contributed by atoms with van der Waals surface area (Å²) in [6.45, 7) is 1.75. The van der Waals surface area contributed by atoms with Crippen LogP contribution in [0.2, 0.25) is 5.02 Å². The van der Waals surface area contributed by atoms with Crippen LogP contribution in [0.1, 0.15) is 44.9 Å². The number of benzene rings is 3. The third kappa shape index (κ3) is 4.87. The van der Waals surface area contributed by atoms with Crippen LogP contribution >= 0.6 is 11.6 Å². The number of carboxylic acid groups (broad SMARTS) is 1. The van der Waals surface area contributed by atoms with E-state index in [0.29, 0.717) is 22.2 Å². The average molecular weight is 516 g/mol. The van der Waals surface area contributed by atoms with Crippen LogP contribution in [0.3, 0.4) is 0 Å². The Morgan fingerprint density at radius 3 is 2.33 bits per heavy atom. The standard InChI is InChI=1S/C26H21ClF3N3O3/c1-14(15-7-9-16(10-8-15)25(35)36)31-24(34)23-22(18-5-3-4-6-21(18)33(23)2)32-17-11-12-20(27)19(13-17)26(28,29)30/h3-14,32H,1-2H3,(H,31,34)(H,35,36)/t14-/m0/s1. The summed E-state index contributed by atoms with van der Waals surface area (Å²) >= 11 is 5.76. The van der Waals surface area contributed by atoms with E-state index in [0.717, 1.165) is 12.1 Å². The van der Waals surface area contributed by atoms with Crippen molar-refractivity contribution in [3.8, 4) is 0 Å². The van der Waals surface area contributed by atoms with Gasteiger partial charge in [-0.1, -0.05) is 41.9 Å². The molecule has 3 aromatic carbocycles. The molecule has 0 aliphatic rings. The van der Waals surface area contributed by atoms with Gasteiger partial charge in [0.25, 0.3) is 5.91 Å². The molecule has 0 saturated heterocycles. The molecule has 10 heteroatoms. The molecule has 1 atom stereocenters. The van der Waals surface area contributed by atoms with Gasteiger partial charge in [0, 0.05) is 18.1 Å². The summed E-state index contributed by atoms with van der Waals surface area (Å²) in [5.41, 5.74) is 1.21. The number of hydrogen-bond donors (Lipinski definition) is 3. The van der Waals surface area contributed by atoms with Gasteiger partial charge in [-0.25, -0.2) is 4.79 Å². The molecule has 3 N–H and O–H groups in total. The van der Waals surface area contributed by atoms with E-state index in [9.17, 15) is 22.8 Å². The second kappa shape index (κ2) is 9.58. The summed E-state index contributed by atoms with van der Waals surface area (Å²) in [5, 5.41) is 15.2. The van der Waals surface area contributed by atoms with E-state index in [-0.39, 0.29) is 16.9 Å². The molecule has 0 aliphatic carbocycles. The number of carbonyl (C=O) groups excluding carboxylic acids is 1. The molecule has 0 radical (unpaired) electrons. The van der Waals surface area contributed by atoms with Gasteiger partial charge in [-0.3, -0.25) is 4.79 Å². The SMILES string of the molecule is C[C@H](NC(=O)c1c(Nc2ccc(Cl)c(C(F)(F)F)c2)c2ccccc2n1C)c1ccc(C(=O)O)cc1. The Hall–Kier alpha value is -3.98. The van der Waals surface area contributed by atoms with Crippen molar-refractivity contribution in [3.05, 3.63) is 94.1 Å². The van der Waals surface area contributed by atoms with E-state index in [1.165, 1.54) is 18.2 Å². The van der Waals surface area contributed by atoms with E-state index < -0.39 is 34.7 Å². The van der Waals surface area contributed by atoms with Crippen LogP contribution in [-0.4, -0.2) is 21.6 Å². The minimum atomic E-state index is -4.64. The van der Waals surface area contributed by atoms with E-state index in [1.54, 1.807) is 54.9 Å². The number of nitrogens with one attached hydrogen (secondary N) is 2. The van der Waals surface area contributed by atoms with Crippen LogP contribution in [0.25, 0.3) is 10.9 Å². The first-order valence-corrected chi connectivity index (χ1v) is 11.2. The fourth-order valence-corrected chi connectivity index (χ4v) is 4.24. The minimum Gasteiger partial charge on any atom is -0.478 e. The third-order valence-corrected chi connectivity index (χ3v) is 6.20. The van der Waals surface area contributed by atoms with Crippen LogP contribution in [0.4, 0.5) is 24.5 Å². The molecule has 0 aliphatic heterocycles. The highest BCUT2D eigenvalue weighted by Gasteiger charge is 2.33. The van der Waals surface area contributed by atoms with Crippen LogP contribution < -0.4 is 10.6 Å². The summed E-state index contributed by atoms with van der Waals surface area (Å²) in [6, 6.07) is 16.2. The van der Waals surface area contributed by atoms with Gasteiger partial charge in [-0.05, 0) is 48.9 Å². The van der Waals surface area contributed by atoms with Gasteiger partial charge >= 0.3 is 12.1 Å². The highest BCUT2D eigenvalue weighted by molar-refractivity contribution is 6.31. The monoisotopic (exact) mass is 515 g/mol. The second-order valence-electron chi connectivity index (χ2n) is 8.24. The lowest BCUT2D eigenvalue weighted by molar-refractivity contribution is -0.137. The van der Waals surface area contributed by atoms with Crippen molar-refractivity contribution in [2.75, 3.05) is 5.32 Å². The van der Waals surface area contributed by atoms with Crippen LogP contribution in [0, 0.1) is 0 Å². The zero-order valence-electron chi connectivity index (χ0n) is 19.2. The lowest BCUT2D eigenvalue weighted by atomic mass is 10.1. The number of anilines is 2. The van der Waals surface area contributed by atoms with Gasteiger partial charge in [0.15, 0.2) is 0 Å². The summed E-state index contributed by atoms with van der Waals surface area (Å²) in [5.74, 6) is -1.52. The molecular weight excluding hydrogens is 495 g/mol. The number of aryl methyl sites for hydroxylation is 1. The smallest absolute Gasteiger partial charge is 0.417 e. The Kier molecular flexibility index (Phi) is 6.69. The van der Waals surface area contributed by atoms with Crippen LogP contribution in [0.15, 0.2) is 66.7 Å². The molecule has 0 bridgehead atoms. The Bertz CT molecular complexity index is 1460. The number of nitrogens with zero attached hydrogens (tertiary/aromatic N) is 1. The molecule has 1 aromatic heterocycles. The molecule has 0 unspecified atom stereocenters. The maximum absolute atomic E-state index is 13.4. The number of aromatic nitrogens is 1. The van der Waals surface area contributed by atoms with Gasteiger partial charge in [0.05, 0.1) is 33.4 Å². The average Bonchev–Trinajstić information content (AvgIpc) is 3.11. The topological polar surface area (TPSA) is 83.4 Å². The molecule has 0 saturated carbocycles. The number of aromatic carboxylic acids is 1. The quantitative estimate of drug-likeness (QED) is 0.264. The molecule has 1 amide bonds. The zero-order chi connectivity index (χ0) is 26.2. The lowest BCUT2D eigenvalue weighted by Crippen LogP contribution is -2.29. The number of hydrogen-bond acceptors (Lipinski definition) is 3. The lowest BCUT2D eigenvalue weighted by Gasteiger charge is -2.17. The van der Waals surface area contributed by atoms with E-state index in [1.807, 2.05) is 0 Å². The summed E-state index contributed by atoms with van der Waals surface area (Å²) in [4.78, 5) is 24.5. The van der Waals surface area contributed by atoms with Gasteiger partial charge in [-0.2, -0.15) is 13.2 Å². The van der Waals surface area contributed by atoms with Crippen molar-refractivity contribution in [1.82, 2.24) is 9.88 Å². The van der Waals surface area contributed by atoms with E-state index in [4.69, 9.17) is 16.7 Å². The van der Waals surface area contributed by atoms with Gasteiger partial charge in [-0.15, -0.1) is 0 Å². The summed E-state index contributed by atoms with van der Waals surface area (Å²) in [6.07, 6.45) is -4.64. The fourth-order valence-electron chi connectivity index (χ4n) is 4.01. The number of amides is 1. The Morgan fingerprint density at radius 2 is 1.69 bits per heavy atom. The predicted molar refractivity (Wildman–Crippen MR) is 132 cm³/mol. The second-order valence-corrected chi connectivity index (χ2v) is 8.65. The van der Waals surface area contributed by atoms with Gasteiger partial charge < -0.3 is 20.3 Å². The predicted octanol–water partition coefficient (Wildman–Crippen LogP) is 6.78. The largest absolute Gasteiger partial charge is 0.478 e. The van der Waals surface area contributed by atoms with Crippen LogP contribution in [0.5, 0.6) is 0 Å². The highest BCUT2D eigenvalue weighted by atomic mass is 35.5. The third-order valence-electron chi connectivity index (χ3n) is 5.87. The maximum Gasteiger partial charge on any atom is 0.417 e. The van der Waals surface area contributed by atoms with Crippen molar-refractivity contribution in [1.29, 1.82) is 0 Å². The fraction of sp³-hybridized carbons (Fsp3) is 0.154. The number of fused-ring (bicyclic) bond motifs is 1. The Balaban J connectivity index is 1.71. The Labute approximate surface area is 209 Å². The van der Waals surface area contributed by atoms with Crippen molar-refractivity contribution in [3.63, 3.8) is 0 Å². The van der Waals surface area contributed by atoms with Crippen molar-refractivity contribution < 1.29 is 27.9 Å². The molecule has 0 fully saturated rings. The zero-order valence-corrected chi connectivity index (χ0v) is 19.9. The minimum absolute atomic E-state index is 0.120. The van der Waals surface area contributed by atoms with Crippen molar-refractivity contribution >= 4 is 45.8 Å². The highest BCUT2D eigenvalue weighted by Crippen LogP contribution is 2.38. The molecule has 186 valence electrons. The maximum atomic E-state index is 13.4. The number of alkyl halides is 3. The first-order chi connectivity index (χ1) is 17.0. The van der Waals surface area contributed by atoms with Gasteiger partial charge in [0.1, 0.15) is 5.69 Å². The number of carboxylic acids is 1. The first kappa shape index (κ1) is 25.1.